The first-order chi connectivity index (χ1) is 9.28. The maximum Gasteiger partial charge on any atom is 0.176 e. The average molecular weight is 261 g/mol. The zero-order valence-electron chi connectivity index (χ0n) is 11.8. The van der Waals surface area contributed by atoms with Gasteiger partial charge >= 0.3 is 0 Å². The first-order valence-electron chi connectivity index (χ1n) is 6.34. The van der Waals surface area contributed by atoms with Crippen LogP contribution in [0.4, 0.5) is 0 Å². The van der Waals surface area contributed by atoms with Crippen molar-refractivity contribution in [1.29, 1.82) is 0 Å². The molecule has 0 heterocycles. The molecular weight excluding hydrogens is 238 g/mol. The zero-order valence-corrected chi connectivity index (χ0v) is 11.8. The van der Waals surface area contributed by atoms with Gasteiger partial charge in [0.05, 0.1) is 6.04 Å². The van der Waals surface area contributed by atoms with Crippen molar-refractivity contribution in [3.63, 3.8) is 0 Å². The molecular formula is C16H23NO2. The minimum atomic E-state index is -0.331. The van der Waals surface area contributed by atoms with Gasteiger partial charge in [-0.05, 0) is 5.56 Å². The third-order valence-corrected chi connectivity index (χ3v) is 2.98. The minimum Gasteiger partial charge on any atom is -0.354 e. The first kappa shape index (κ1) is 15.6. The van der Waals surface area contributed by atoms with Crippen LogP contribution in [0.2, 0.25) is 0 Å². The second kappa shape index (κ2) is 8.64. The fraction of sp³-hybridized carbons (Fsp3) is 0.375. The van der Waals surface area contributed by atoms with Gasteiger partial charge in [-0.15, -0.1) is 13.2 Å². The van der Waals surface area contributed by atoms with E-state index in [2.05, 4.69) is 30.2 Å². The molecule has 0 bridgehead atoms. The predicted octanol–water partition coefficient (Wildman–Crippen LogP) is 3.02. The average Bonchev–Trinajstić information content (AvgIpc) is 2.45. The number of rotatable bonds is 9. The van der Waals surface area contributed by atoms with E-state index in [-0.39, 0.29) is 12.3 Å². The van der Waals surface area contributed by atoms with Crippen LogP contribution in [0.3, 0.4) is 0 Å². The van der Waals surface area contributed by atoms with Crippen molar-refractivity contribution in [1.82, 2.24) is 4.90 Å². The molecule has 3 nitrogen and oxygen atoms in total. The number of benzene rings is 1. The second-order valence-corrected chi connectivity index (χ2v) is 4.23. The molecule has 1 rings (SSSR count). The van der Waals surface area contributed by atoms with E-state index in [4.69, 9.17) is 9.47 Å². The minimum absolute atomic E-state index is 0.00667. The fourth-order valence-electron chi connectivity index (χ4n) is 2.18. The highest BCUT2D eigenvalue weighted by atomic mass is 16.7. The van der Waals surface area contributed by atoms with Gasteiger partial charge in [0.25, 0.3) is 0 Å². The summed E-state index contributed by atoms with van der Waals surface area (Å²) in [7, 11) is 3.31. The van der Waals surface area contributed by atoms with Crippen LogP contribution in [0.15, 0.2) is 55.6 Å². The highest BCUT2D eigenvalue weighted by Crippen LogP contribution is 2.26. The smallest absolute Gasteiger partial charge is 0.176 e. The van der Waals surface area contributed by atoms with E-state index >= 15 is 0 Å². The molecule has 1 aromatic carbocycles. The molecule has 0 saturated carbocycles. The summed E-state index contributed by atoms with van der Waals surface area (Å²) in [5.41, 5.74) is 1.15. The lowest BCUT2D eigenvalue weighted by Gasteiger charge is -2.34. The van der Waals surface area contributed by atoms with Gasteiger partial charge in [-0.2, -0.15) is 0 Å². The Morgan fingerprint density at radius 3 is 2.00 bits per heavy atom. The van der Waals surface area contributed by atoms with E-state index in [9.17, 15) is 0 Å². The molecule has 0 saturated heterocycles. The standard InChI is InChI=1S/C16H23NO2/c1-5-12-17(13-6-2)15(16(18-3)19-4)14-10-8-7-9-11-14/h5-11,15-16H,1-2,12-13H2,3-4H3. The maximum absolute atomic E-state index is 5.46. The zero-order chi connectivity index (χ0) is 14.1. The third kappa shape index (κ3) is 4.31. The molecule has 0 radical (unpaired) electrons. The molecule has 1 unspecified atom stereocenters. The Labute approximate surface area is 116 Å². The largest absolute Gasteiger partial charge is 0.354 e. The van der Waals surface area contributed by atoms with Crippen LogP contribution in [0.1, 0.15) is 11.6 Å². The monoisotopic (exact) mass is 261 g/mol. The Balaban J connectivity index is 3.08. The lowest BCUT2D eigenvalue weighted by atomic mass is 10.0. The van der Waals surface area contributed by atoms with Crippen LogP contribution >= 0.6 is 0 Å². The van der Waals surface area contributed by atoms with Crippen LogP contribution in [0.25, 0.3) is 0 Å². The Kier molecular flexibility index (Phi) is 7.11. The lowest BCUT2D eigenvalue weighted by Crippen LogP contribution is -2.38. The second-order valence-electron chi connectivity index (χ2n) is 4.23. The van der Waals surface area contributed by atoms with E-state index in [0.29, 0.717) is 0 Å². The Hall–Kier alpha value is -1.42. The van der Waals surface area contributed by atoms with Gasteiger partial charge in [-0.3, -0.25) is 4.90 Å². The topological polar surface area (TPSA) is 21.7 Å². The summed E-state index contributed by atoms with van der Waals surface area (Å²) in [6, 6.07) is 10.2. The van der Waals surface area contributed by atoms with E-state index in [1.807, 2.05) is 30.4 Å². The molecule has 0 aliphatic carbocycles. The van der Waals surface area contributed by atoms with E-state index in [0.717, 1.165) is 18.7 Å². The summed E-state index contributed by atoms with van der Waals surface area (Å²) in [5, 5.41) is 0. The molecule has 3 heteroatoms. The molecule has 0 fully saturated rings. The van der Waals surface area contributed by atoms with E-state index in [1.165, 1.54) is 0 Å². The first-order valence-corrected chi connectivity index (χ1v) is 6.34. The van der Waals surface area contributed by atoms with Gasteiger partial charge in [0.2, 0.25) is 0 Å². The molecule has 0 aliphatic rings. The van der Waals surface area contributed by atoms with Gasteiger partial charge < -0.3 is 9.47 Å². The molecule has 1 atom stereocenters. The number of methoxy groups -OCH3 is 2. The van der Waals surface area contributed by atoms with Crippen LogP contribution in [0, 0.1) is 0 Å². The van der Waals surface area contributed by atoms with Crippen molar-refractivity contribution in [2.24, 2.45) is 0 Å². The predicted molar refractivity (Wildman–Crippen MR) is 79.0 cm³/mol. The van der Waals surface area contributed by atoms with Crippen LogP contribution in [0.5, 0.6) is 0 Å². The van der Waals surface area contributed by atoms with Crippen molar-refractivity contribution in [2.75, 3.05) is 27.3 Å². The number of nitrogens with zero attached hydrogens (tertiary/aromatic N) is 1. The molecule has 19 heavy (non-hydrogen) atoms. The number of hydrogen-bond donors (Lipinski definition) is 0. The van der Waals surface area contributed by atoms with Crippen molar-refractivity contribution < 1.29 is 9.47 Å². The maximum atomic E-state index is 5.46. The molecule has 0 N–H and O–H groups in total. The highest BCUT2D eigenvalue weighted by molar-refractivity contribution is 5.20. The molecule has 1 aromatic rings. The lowest BCUT2D eigenvalue weighted by molar-refractivity contribution is -0.146. The van der Waals surface area contributed by atoms with Gasteiger partial charge in [0.1, 0.15) is 0 Å². The van der Waals surface area contributed by atoms with Crippen molar-refractivity contribution in [3.05, 3.63) is 61.2 Å². The summed E-state index contributed by atoms with van der Waals surface area (Å²) in [6.07, 6.45) is 3.42. The highest BCUT2D eigenvalue weighted by Gasteiger charge is 2.27. The third-order valence-electron chi connectivity index (χ3n) is 2.98. The summed E-state index contributed by atoms with van der Waals surface area (Å²) < 4.78 is 10.9. The molecule has 0 amide bonds. The Morgan fingerprint density at radius 1 is 1.05 bits per heavy atom. The van der Waals surface area contributed by atoms with Crippen molar-refractivity contribution in [3.8, 4) is 0 Å². The van der Waals surface area contributed by atoms with E-state index in [1.54, 1.807) is 14.2 Å². The summed E-state index contributed by atoms with van der Waals surface area (Å²) in [5.74, 6) is 0. The van der Waals surface area contributed by atoms with Gasteiger partial charge in [-0.25, -0.2) is 0 Å². The van der Waals surface area contributed by atoms with Gasteiger partial charge in [0, 0.05) is 27.3 Å². The van der Waals surface area contributed by atoms with E-state index < -0.39 is 0 Å². The number of ether oxygens (including phenoxy) is 2. The van der Waals surface area contributed by atoms with Crippen molar-refractivity contribution in [2.45, 2.75) is 12.3 Å². The molecule has 0 spiro atoms. The Morgan fingerprint density at radius 2 is 1.58 bits per heavy atom. The molecule has 0 aromatic heterocycles. The van der Waals surface area contributed by atoms with Crippen LogP contribution in [-0.4, -0.2) is 38.5 Å². The summed E-state index contributed by atoms with van der Waals surface area (Å²) in [4.78, 5) is 2.22. The normalized spacial score (nSPS) is 12.6. The summed E-state index contributed by atoms with van der Waals surface area (Å²) >= 11 is 0. The quantitative estimate of drug-likeness (QED) is 0.504. The van der Waals surface area contributed by atoms with Gasteiger partial charge in [0.15, 0.2) is 6.29 Å². The summed E-state index contributed by atoms with van der Waals surface area (Å²) in [6.45, 7) is 9.11. The number of hydrogen-bond acceptors (Lipinski definition) is 3. The SMILES string of the molecule is C=CCN(CC=C)C(c1ccccc1)C(OC)OC. The Bertz CT molecular complexity index is 364. The van der Waals surface area contributed by atoms with Crippen molar-refractivity contribution >= 4 is 0 Å². The molecule has 0 aliphatic heterocycles. The fourth-order valence-corrected chi connectivity index (χ4v) is 2.18. The molecule has 104 valence electrons. The van der Waals surface area contributed by atoms with Crippen LogP contribution in [-0.2, 0) is 9.47 Å². The van der Waals surface area contributed by atoms with Crippen LogP contribution < -0.4 is 0 Å². The van der Waals surface area contributed by atoms with Gasteiger partial charge in [-0.1, -0.05) is 42.5 Å².